The Bertz CT molecular complexity index is 704. The molecule has 0 amide bonds. The number of allylic oxidation sites excluding steroid dienone is 2. The molecule has 25 heavy (non-hydrogen) atoms. The smallest absolute Gasteiger partial charge is 0.188 e. The lowest BCUT2D eigenvalue weighted by atomic mass is 9.86. The van der Waals surface area contributed by atoms with Crippen molar-refractivity contribution in [2.75, 3.05) is 6.61 Å². The fourth-order valence-corrected chi connectivity index (χ4v) is 2.49. The van der Waals surface area contributed by atoms with Crippen LogP contribution in [0.4, 0.5) is 0 Å². The number of hydrogen-bond acceptors (Lipinski definition) is 3. The number of imidazole rings is 1. The van der Waals surface area contributed by atoms with E-state index in [4.69, 9.17) is 16.3 Å². The fraction of sp³-hybridized carbons (Fsp3) is 0.400. The van der Waals surface area contributed by atoms with E-state index in [1.165, 1.54) is 0 Å². The molecule has 0 spiro atoms. The van der Waals surface area contributed by atoms with Gasteiger partial charge >= 0.3 is 0 Å². The van der Waals surface area contributed by atoms with E-state index >= 15 is 0 Å². The second kappa shape index (κ2) is 8.86. The molecule has 5 heteroatoms. The fourth-order valence-electron chi connectivity index (χ4n) is 2.37. The van der Waals surface area contributed by atoms with Crippen LogP contribution in [0.15, 0.2) is 49.1 Å². The lowest BCUT2D eigenvalue weighted by molar-refractivity contribution is -0.123. The van der Waals surface area contributed by atoms with E-state index in [0.717, 1.165) is 19.3 Å². The summed E-state index contributed by atoms with van der Waals surface area (Å²) >= 11 is 5.89. The number of carbonyl (C=O) groups excluding carboxylic acids is 1. The van der Waals surface area contributed by atoms with Crippen molar-refractivity contribution >= 4 is 23.1 Å². The number of aromatic nitrogens is 2. The summed E-state index contributed by atoms with van der Waals surface area (Å²) in [6.45, 7) is 6.22. The first kappa shape index (κ1) is 19.3. The Labute approximate surface area is 154 Å². The van der Waals surface area contributed by atoms with Gasteiger partial charge in [0.15, 0.2) is 5.78 Å². The van der Waals surface area contributed by atoms with Gasteiger partial charge in [-0.1, -0.05) is 31.0 Å². The van der Waals surface area contributed by atoms with Gasteiger partial charge in [0.25, 0.3) is 0 Å². The highest BCUT2D eigenvalue weighted by molar-refractivity contribution is 6.30. The van der Waals surface area contributed by atoms with Crippen LogP contribution in [0.25, 0.3) is 5.70 Å². The molecule has 1 aromatic heterocycles. The van der Waals surface area contributed by atoms with Crippen LogP contribution >= 0.6 is 11.6 Å². The zero-order chi connectivity index (χ0) is 18.3. The highest BCUT2D eigenvalue weighted by Gasteiger charge is 2.32. The Kier molecular flexibility index (Phi) is 6.82. The molecule has 0 aliphatic carbocycles. The Morgan fingerprint density at radius 2 is 2.04 bits per heavy atom. The van der Waals surface area contributed by atoms with E-state index in [1.807, 2.05) is 19.9 Å². The maximum Gasteiger partial charge on any atom is 0.188 e. The standard InChI is InChI=1S/C20H25ClN2O2/c1-4-5-6-7-18(23-13-12-22-15-23)19(24)20(2,3)14-25-17-10-8-16(21)9-11-17/h7-13,15H,4-6,14H2,1-3H3/b18-7-. The average molecular weight is 361 g/mol. The second-order valence-electron chi connectivity index (χ2n) is 6.66. The zero-order valence-corrected chi connectivity index (χ0v) is 15.8. The van der Waals surface area contributed by atoms with E-state index in [9.17, 15) is 4.79 Å². The summed E-state index contributed by atoms with van der Waals surface area (Å²) in [6, 6.07) is 7.15. The quantitative estimate of drug-likeness (QED) is 0.453. The van der Waals surface area contributed by atoms with E-state index in [-0.39, 0.29) is 12.4 Å². The number of ketones is 1. The minimum atomic E-state index is -0.665. The number of carbonyl (C=O) groups is 1. The van der Waals surface area contributed by atoms with Gasteiger partial charge in [-0.2, -0.15) is 0 Å². The number of Topliss-reactive ketones (excluding diaryl/α,β-unsaturated/α-hetero) is 1. The Morgan fingerprint density at radius 1 is 1.32 bits per heavy atom. The number of benzene rings is 1. The van der Waals surface area contributed by atoms with Gasteiger partial charge in [-0.15, -0.1) is 0 Å². The van der Waals surface area contributed by atoms with Crippen LogP contribution in [0, 0.1) is 5.41 Å². The lowest BCUT2D eigenvalue weighted by Gasteiger charge is -2.25. The number of halogens is 1. The van der Waals surface area contributed by atoms with Crippen molar-refractivity contribution in [1.29, 1.82) is 0 Å². The molecule has 0 saturated carbocycles. The molecule has 0 atom stereocenters. The molecule has 134 valence electrons. The number of hydrogen-bond donors (Lipinski definition) is 0. The third-order valence-electron chi connectivity index (χ3n) is 3.94. The lowest BCUT2D eigenvalue weighted by Crippen LogP contribution is -2.33. The largest absolute Gasteiger partial charge is 0.493 e. The van der Waals surface area contributed by atoms with Gasteiger partial charge in [0.1, 0.15) is 12.4 Å². The second-order valence-corrected chi connectivity index (χ2v) is 7.09. The Morgan fingerprint density at radius 3 is 2.64 bits per heavy atom. The van der Waals surface area contributed by atoms with Crippen LogP contribution in [-0.2, 0) is 4.79 Å². The Hall–Kier alpha value is -2.07. The summed E-state index contributed by atoms with van der Waals surface area (Å²) < 4.78 is 7.59. The topological polar surface area (TPSA) is 44.1 Å². The Balaban J connectivity index is 2.12. The van der Waals surface area contributed by atoms with Gasteiger partial charge in [-0.3, -0.25) is 4.79 Å². The van der Waals surface area contributed by atoms with Crippen LogP contribution in [0.2, 0.25) is 5.02 Å². The number of rotatable bonds is 9. The highest BCUT2D eigenvalue weighted by atomic mass is 35.5. The molecule has 4 nitrogen and oxygen atoms in total. The molecule has 0 bridgehead atoms. The van der Waals surface area contributed by atoms with E-state index in [1.54, 1.807) is 47.6 Å². The first-order valence-corrected chi connectivity index (χ1v) is 8.93. The van der Waals surface area contributed by atoms with Gasteiger partial charge in [0.2, 0.25) is 0 Å². The molecule has 1 aromatic carbocycles. The van der Waals surface area contributed by atoms with Crippen LogP contribution in [0.3, 0.4) is 0 Å². The molecule has 0 aliphatic heterocycles. The van der Waals surface area contributed by atoms with Crippen molar-refractivity contribution in [1.82, 2.24) is 9.55 Å². The summed E-state index contributed by atoms with van der Waals surface area (Å²) in [6.07, 6.45) is 10.1. The molecular formula is C20H25ClN2O2. The normalized spacial score (nSPS) is 12.2. The minimum Gasteiger partial charge on any atom is -0.493 e. The first-order chi connectivity index (χ1) is 11.9. The molecule has 0 saturated heterocycles. The molecule has 0 radical (unpaired) electrons. The summed E-state index contributed by atoms with van der Waals surface area (Å²) in [5.74, 6) is 0.736. The van der Waals surface area contributed by atoms with Crippen LogP contribution in [0.5, 0.6) is 5.75 Å². The zero-order valence-electron chi connectivity index (χ0n) is 15.0. The SMILES string of the molecule is CCCC/C=C(/C(=O)C(C)(C)COc1ccc(Cl)cc1)n1ccnc1. The third-order valence-corrected chi connectivity index (χ3v) is 4.19. The van der Waals surface area contributed by atoms with Crippen LogP contribution in [0.1, 0.15) is 40.0 Å². The summed E-state index contributed by atoms with van der Waals surface area (Å²) in [4.78, 5) is 17.2. The summed E-state index contributed by atoms with van der Waals surface area (Å²) in [7, 11) is 0. The van der Waals surface area contributed by atoms with E-state index in [0.29, 0.717) is 16.5 Å². The number of unbranched alkanes of at least 4 members (excludes halogenated alkanes) is 2. The average Bonchev–Trinajstić information content (AvgIpc) is 3.12. The number of ether oxygens (including phenoxy) is 1. The van der Waals surface area contributed by atoms with Gasteiger partial charge in [0, 0.05) is 17.4 Å². The van der Waals surface area contributed by atoms with Crippen molar-refractivity contribution in [3.8, 4) is 5.75 Å². The molecule has 1 heterocycles. The monoisotopic (exact) mass is 360 g/mol. The molecular weight excluding hydrogens is 336 g/mol. The molecule has 0 N–H and O–H groups in total. The van der Waals surface area contributed by atoms with Gasteiger partial charge in [0.05, 0.1) is 17.4 Å². The predicted octanol–water partition coefficient (Wildman–Crippen LogP) is 5.24. The first-order valence-electron chi connectivity index (χ1n) is 8.55. The molecule has 0 aliphatic rings. The molecule has 0 fully saturated rings. The number of nitrogens with zero attached hydrogens (tertiary/aromatic N) is 2. The van der Waals surface area contributed by atoms with E-state index < -0.39 is 5.41 Å². The third kappa shape index (κ3) is 5.46. The summed E-state index contributed by atoms with van der Waals surface area (Å²) in [5.41, 5.74) is -0.0160. The van der Waals surface area contributed by atoms with Crippen molar-refractivity contribution < 1.29 is 9.53 Å². The molecule has 0 unspecified atom stereocenters. The minimum absolute atomic E-state index is 0.0376. The van der Waals surface area contributed by atoms with Crippen molar-refractivity contribution in [3.63, 3.8) is 0 Å². The van der Waals surface area contributed by atoms with Crippen LogP contribution in [-0.4, -0.2) is 21.9 Å². The van der Waals surface area contributed by atoms with E-state index in [2.05, 4.69) is 11.9 Å². The van der Waals surface area contributed by atoms with Gasteiger partial charge < -0.3 is 9.30 Å². The van der Waals surface area contributed by atoms with Crippen molar-refractivity contribution in [3.05, 3.63) is 54.1 Å². The predicted molar refractivity (Wildman–Crippen MR) is 102 cm³/mol. The molecule has 2 aromatic rings. The molecule has 2 rings (SSSR count). The highest BCUT2D eigenvalue weighted by Crippen LogP contribution is 2.26. The van der Waals surface area contributed by atoms with Gasteiger partial charge in [-0.05, 0) is 51.0 Å². The van der Waals surface area contributed by atoms with Crippen LogP contribution < -0.4 is 4.74 Å². The summed E-state index contributed by atoms with van der Waals surface area (Å²) in [5, 5.41) is 0.656. The maximum absolute atomic E-state index is 13.1. The van der Waals surface area contributed by atoms with Gasteiger partial charge in [-0.25, -0.2) is 4.98 Å². The maximum atomic E-state index is 13.1. The van der Waals surface area contributed by atoms with Crippen molar-refractivity contribution in [2.24, 2.45) is 5.41 Å². The van der Waals surface area contributed by atoms with Crippen molar-refractivity contribution in [2.45, 2.75) is 40.0 Å².